The Balaban J connectivity index is 1.52. The van der Waals surface area contributed by atoms with Gasteiger partial charge in [0.1, 0.15) is 0 Å². The van der Waals surface area contributed by atoms with Crippen molar-refractivity contribution < 1.29 is 14.0 Å². The molecule has 6 nitrogen and oxygen atoms in total. The molecule has 1 aromatic heterocycles. The minimum atomic E-state index is -0.268. The average Bonchev–Trinajstić information content (AvgIpc) is 3.15. The third-order valence-electron chi connectivity index (χ3n) is 5.22. The number of piperidine rings is 1. The van der Waals surface area contributed by atoms with Gasteiger partial charge in [-0.25, -0.2) is 4.98 Å². The van der Waals surface area contributed by atoms with Crippen LogP contribution >= 0.6 is 0 Å². The number of hydrogen-bond donors (Lipinski definition) is 1. The van der Waals surface area contributed by atoms with Crippen molar-refractivity contribution in [3.8, 4) is 11.3 Å². The summed E-state index contributed by atoms with van der Waals surface area (Å²) < 4.78 is 5.81. The molecule has 1 fully saturated rings. The van der Waals surface area contributed by atoms with Crippen LogP contribution in [0.2, 0.25) is 0 Å². The molecule has 6 heteroatoms. The Labute approximate surface area is 159 Å². The van der Waals surface area contributed by atoms with Gasteiger partial charge in [0.05, 0.1) is 6.20 Å². The number of carbonyl (C=O) groups excluding carboxylic acids is 2. The van der Waals surface area contributed by atoms with E-state index >= 15 is 0 Å². The van der Waals surface area contributed by atoms with Crippen LogP contribution < -0.4 is 5.73 Å². The number of carbonyl (C=O) groups is 2. The van der Waals surface area contributed by atoms with Gasteiger partial charge in [0.15, 0.2) is 11.7 Å². The zero-order valence-electron chi connectivity index (χ0n) is 16.0. The van der Waals surface area contributed by atoms with Gasteiger partial charge in [0, 0.05) is 37.4 Å². The smallest absolute Gasteiger partial charge is 0.223 e. The Morgan fingerprint density at radius 3 is 2.48 bits per heavy atom. The summed E-state index contributed by atoms with van der Waals surface area (Å²) in [5.74, 6) is 1.47. The molecule has 1 aliphatic rings. The Morgan fingerprint density at radius 1 is 1.22 bits per heavy atom. The van der Waals surface area contributed by atoms with Crippen molar-refractivity contribution in [2.45, 2.75) is 45.4 Å². The molecule has 0 unspecified atom stereocenters. The van der Waals surface area contributed by atoms with Gasteiger partial charge in [-0.1, -0.05) is 38.1 Å². The maximum Gasteiger partial charge on any atom is 0.223 e. The second-order valence-corrected chi connectivity index (χ2v) is 7.45. The van der Waals surface area contributed by atoms with E-state index in [9.17, 15) is 9.59 Å². The van der Waals surface area contributed by atoms with Crippen LogP contribution in [0.1, 0.15) is 50.5 Å². The fourth-order valence-electron chi connectivity index (χ4n) is 3.38. The highest BCUT2D eigenvalue weighted by Crippen LogP contribution is 2.24. The maximum absolute atomic E-state index is 12.4. The highest BCUT2D eigenvalue weighted by atomic mass is 16.4. The minimum absolute atomic E-state index is 0.0685. The van der Waals surface area contributed by atoms with Crippen molar-refractivity contribution in [1.82, 2.24) is 9.88 Å². The lowest BCUT2D eigenvalue weighted by Gasteiger charge is -2.30. The summed E-state index contributed by atoms with van der Waals surface area (Å²) in [4.78, 5) is 29.7. The number of amides is 2. The van der Waals surface area contributed by atoms with E-state index in [-0.39, 0.29) is 17.7 Å². The first-order chi connectivity index (χ1) is 12.9. The van der Waals surface area contributed by atoms with Gasteiger partial charge in [-0.15, -0.1) is 0 Å². The highest BCUT2D eigenvalue weighted by Gasteiger charge is 2.25. The predicted molar refractivity (Wildman–Crippen MR) is 103 cm³/mol. The lowest BCUT2D eigenvalue weighted by Crippen LogP contribution is -2.41. The number of rotatable bonds is 6. The van der Waals surface area contributed by atoms with Crippen LogP contribution in [0.25, 0.3) is 11.3 Å². The summed E-state index contributed by atoms with van der Waals surface area (Å²) in [5, 5.41) is 0. The SMILES string of the molecule is CC(C)c1ccc(-c2cnc(CCC(=O)N3CCC(C(N)=O)CC3)o2)cc1. The van der Waals surface area contributed by atoms with Crippen molar-refractivity contribution in [2.75, 3.05) is 13.1 Å². The molecule has 0 radical (unpaired) electrons. The largest absolute Gasteiger partial charge is 0.441 e. The molecule has 27 heavy (non-hydrogen) atoms. The van der Waals surface area contributed by atoms with Crippen molar-refractivity contribution >= 4 is 11.8 Å². The summed E-state index contributed by atoms with van der Waals surface area (Å²) in [6, 6.07) is 8.27. The molecular formula is C21H27N3O3. The Kier molecular flexibility index (Phi) is 5.94. The summed E-state index contributed by atoms with van der Waals surface area (Å²) in [5.41, 5.74) is 7.60. The van der Waals surface area contributed by atoms with Crippen LogP contribution in [-0.4, -0.2) is 34.8 Å². The van der Waals surface area contributed by atoms with E-state index in [0.717, 1.165) is 11.3 Å². The molecule has 1 aromatic carbocycles. The molecule has 144 valence electrons. The summed E-state index contributed by atoms with van der Waals surface area (Å²) in [6.45, 7) is 5.50. The van der Waals surface area contributed by atoms with Gasteiger partial charge >= 0.3 is 0 Å². The van der Waals surface area contributed by atoms with Crippen LogP contribution in [0.4, 0.5) is 0 Å². The first kappa shape index (κ1) is 19.1. The van der Waals surface area contributed by atoms with E-state index in [1.165, 1.54) is 5.56 Å². The van der Waals surface area contributed by atoms with E-state index in [1.807, 2.05) is 12.1 Å². The van der Waals surface area contributed by atoms with Crippen LogP contribution in [0.5, 0.6) is 0 Å². The molecule has 2 N–H and O–H groups in total. The maximum atomic E-state index is 12.4. The van der Waals surface area contributed by atoms with Crippen molar-refractivity contribution in [1.29, 1.82) is 0 Å². The molecule has 0 aliphatic carbocycles. The van der Waals surface area contributed by atoms with E-state index in [1.54, 1.807) is 11.1 Å². The normalized spacial score (nSPS) is 15.3. The second kappa shape index (κ2) is 8.37. The Morgan fingerprint density at radius 2 is 1.89 bits per heavy atom. The van der Waals surface area contributed by atoms with Crippen LogP contribution in [0.3, 0.4) is 0 Å². The Bertz CT molecular complexity index is 787. The molecule has 3 rings (SSSR count). The van der Waals surface area contributed by atoms with E-state index < -0.39 is 0 Å². The number of aryl methyl sites for hydroxylation is 1. The molecule has 1 saturated heterocycles. The summed E-state index contributed by atoms with van der Waals surface area (Å²) in [6.07, 6.45) is 3.84. The number of hydrogen-bond acceptors (Lipinski definition) is 4. The minimum Gasteiger partial charge on any atom is -0.441 e. The lowest BCUT2D eigenvalue weighted by atomic mass is 9.96. The van der Waals surface area contributed by atoms with E-state index in [0.29, 0.717) is 50.6 Å². The van der Waals surface area contributed by atoms with E-state index in [4.69, 9.17) is 10.2 Å². The number of aromatic nitrogens is 1. The third kappa shape index (κ3) is 4.76. The first-order valence-electron chi connectivity index (χ1n) is 9.56. The van der Waals surface area contributed by atoms with Gasteiger partial charge in [-0.3, -0.25) is 9.59 Å². The number of likely N-dealkylation sites (tertiary alicyclic amines) is 1. The molecule has 0 atom stereocenters. The molecule has 2 aromatic rings. The molecule has 2 heterocycles. The van der Waals surface area contributed by atoms with E-state index in [2.05, 4.69) is 31.0 Å². The van der Waals surface area contributed by atoms with Gasteiger partial charge < -0.3 is 15.1 Å². The number of nitrogens with zero attached hydrogens (tertiary/aromatic N) is 2. The lowest BCUT2D eigenvalue weighted by molar-refractivity contribution is -0.134. The quantitative estimate of drug-likeness (QED) is 0.847. The standard InChI is InChI=1S/C21H27N3O3/c1-14(2)15-3-5-16(6-4-15)18-13-23-19(27-18)7-8-20(25)24-11-9-17(10-12-24)21(22)26/h3-6,13-14,17H,7-12H2,1-2H3,(H2,22,26). The number of oxazole rings is 1. The summed E-state index contributed by atoms with van der Waals surface area (Å²) in [7, 11) is 0. The fraction of sp³-hybridized carbons (Fsp3) is 0.476. The second-order valence-electron chi connectivity index (χ2n) is 7.45. The zero-order valence-corrected chi connectivity index (χ0v) is 16.0. The molecule has 0 saturated carbocycles. The number of benzene rings is 1. The molecular weight excluding hydrogens is 342 g/mol. The Hall–Kier alpha value is -2.63. The average molecular weight is 369 g/mol. The van der Waals surface area contributed by atoms with Gasteiger partial charge in [0.2, 0.25) is 11.8 Å². The monoisotopic (exact) mass is 369 g/mol. The number of primary amides is 1. The predicted octanol–water partition coefficient (Wildman–Crippen LogP) is 3.12. The van der Waals surface area contributed by atoms with Crippen molar-refractivity contribution in [3.63, 3.8) is 0 Å². The first-order valence-corrected chi connectivity index (χ1v) is 9.56. The molecule has 2 amide bonds. The highest BCUT2D eigenvalue weighted by molar-refractivity contribution is 5.79. The van der Waals surface area contributed by atoms with Crippen molar-refractivity contribution in [3.05, 3.63) is 41.9 Å². The molecule has 0 spiro atoms. The van der Waals surface area contributed by atoms with Gasteiger partial charge in [0.25, 0.3) is 0 Å². The van der Waals surface area contributed by atoms with Crippen LogP contribution in [0, 0.1) is 5.92 Å². The van der Waals surface area contributed by atoms with Gasteiger partial charge in [-0.05, 0) is 24.3 Å². The van der Waals surface area contributed by atoms with Crippen LogP contribution in [-0.2, 0) is 16.0 Å². The summed E-state index contributed by atoms with van der Waals surface area (Å²) >= 11 is 0. The topological polar surface area (TPSA) is 89.4 Å². The van der Waals surface area contributed by atoms with Crippen molar-refractivity contribution in [2.24, 2.45) is 11.7 Å². The third-order valence-corrected chi connectivity index (χ3v) is 5.22. The molecule has 1 aliphatic heterocycles. The van der Waals surface area contributed by atoms with Gasteiger partial charge in [-0.2, -0.15) is 0 Å². The fourth-order valence-corrected chi connectivity index (χ4v) is 3.38. The number of nitrogens with two attached hydrogens (primary N) is 1. The van der Waals surface area contributed by atoms with Crippen LogP contribution in [0.15, 0.2) is 34.9 Å². The molecule has 0 bridgehead atoms. The zero-order chi connectivity index (χ0) is 19.4.